The zero-order valence-electron chi connectivity index (χ0n) is 13.4. The number of carbonyl (C=O) groups is 2. The van der Waals surface area contributed by atoms with Gasteiger partial charge in [0.2, 0.25) is 5.91 Å². The molecule has 3 rings (SSSR count). The van der Waals surface area contributed by atoms with Crippen molar-refractivity contribution in [2.45, 2.75) is 18.9 Å². The minimum atomic E-state index is -0.0231. The van der Waals surface area contributed by atoms with E-state index >= 15 is 0 Å². The predicted octanol–water partition coefficient (Wildman–Crippen LogP) is 3.18. The maximum Gasteiger partial charge on any atom is 0.252 e. The van der Waals surface area contributed by atoms with Crippen LogP contribution in [0.2, 0.25) is 0 Å². The van der Waals surface area contributed by atoms with Crippen LogP contribution in [0.15, 0.2) is 53.2 Å². The molecule has 124 valence electrons. The number of nitrogens with zero attached hydrogens (tertiary/aromatic N) is 1. The Morgan fingerprint density at radius 2 is 1.88 bits per heavy atom. The first-order chi connectivity index (χ1) is 11.7. The smallest absolute Gasteiger partial charge is 0.252 e. The molecule has 0 saturated carbocycles. The first-order valence-electron chi connectivity index (χ1n) is 8.07. The third-order valence-corrected chi connectivity index (χ3v) is 4.83. The summed E-state index contributed by atoms with van der Waals surface area (Å²) in [4.78, 5) is 26.1. The maximum absolute atomic E-state index is 12.2. The molecule has 0 aliphatic carbocycles. The number of amides is 2. The van der Waals surface area contributed by atoms with Crippen LogP contribution in [0.4, 0.5) is 0 Å². The van der Waals surface area contributed by atoms with Gasteiger partial charge in [-0.15, -0.1) is 0 Å². The molecule has 1 aliphatic heterocycles. The van der Waals surface area contributed by atoms with Crippen LogP contribution in [0.5, 0.6) is 0 Å². The molecule has 1 aromatic carbocycles. The van der Waals surface area contributed by atoms with E-state index < -0.39 is 0 Å². The molecule has 1 aromatic heterocycles. The quantitative estimate of drug-likeness (QED) is 0.869. The van der Waals surface area contributed by atoms with Crippen molar-refractivity contribution in [1.82, 2.24) is 10.2 Å². The molecule has 2 amide bonds. The Morgan fingerprint density at radius 1 is 1.12 bits per heavy atom. The molecule has 1 aliphatic rings. The van der Waals surface area contributed by atoms with Gasteiger partial charge in [-0.25, -0.2) is 0 Å². The largest absolute Gasteiger partial charge is 0.349 e. The highest BCUT2D eigenvalue weighted by Gasteiger charge is 2.23. The predicted molar refractivity (Wildman–Crippen MR) is 96.9 cm³/mol. The fourth-order valence-corrected chi connectivity index (χ4v) is 3.38. The topological polar surface area (TPSA) is 49.4 Å². The van der Waals surface area contributed by atoms with E-state index in [1.165, 1.54) is 11.3 Å². The Bertz CT molecular complexity index is 702. The summed E-state index contributed by atoms with van der Waals surface area (Å²) in [6, 6.07) is 11.8. The molecule has 24 heavy (non-hydrogen) atoms. The van der Waals surface area contributed by atoms with Gasteiger partial charge in [-0.05, 0) is 35.9 Å². The summed E-state index contributed by atoms with van der Waals surface area (Å²) in [7, 11) is 0. The summed E-state index contributed by atoms with van der Waals surface area (Å²) in [5.41, 5.74) is 1.73. The van der Waals surface area contributed by atoms with Crippen molar-refractivity contribution in [1.29, 1.82) is 0 Å². The summed E-state index contributed by atoms with van der Waals surface area (Å²) in [6.07, 6.45) is 5.05. The van der Waals surface area contributed by atoms with Crippen LogP contribution in [-0.4, -0.2) is 35.8 Å². The highest BCUT2D eigenvalue weighted by Crippen LogP contribution is 2.13. The second-order valence-electron chi connectivity index (χ2n) is 5.83. The SMILES string of the molecule is O=C(NC1CCN(C(=O)/C=C\c2ccccc2)CC1)c1ccsc1. The van der Waals surface area contributed by atoms with Crippen molar-refractivity contribution >= 4 is 29.2 Å². The average molecular weight is 340 g/mol. The number of hydrogen-bond acceptors (Lipinski definition) is 3. The third kappa shape index (κ3) is 4.32. The summed E-state index contributed by atoms with van der Waals surface area (Å²) in [5, 5.41) is 6.80. The molecule has 0 unspecified atom stereocenters. The van der Waals surface area contributed by atoms with E-state index in [1.54, 1.807) is 6.08 Å². The molecule has 1 fully saturated rings. The Balaban J connectivity index is 1.47. The standard InChI is InChI=1S/C19H20N2O2S/c22-18(7-6-15-4-2-1-3-5-15)21-11-8-17(9-12-21)20-19(23)16-10-13-24-14-16/h1-7,10,13-14,17H,8-9,11-12H2,(H,20,23)/b7-6-. The molecule has 0 atom stereocenters. The Hall–Kier alpha value is -2.40. The lowest BCUT2D eigenvalue weighted by atomic mass is 10.0. The van der Waals surface area contributed by atoms with E-state index in [-0.39, 0.29) is 17.9 Å². The van der Waals surface area contributed by atoms with Crippen LogP contribution in [0, 0.1) is 0 Å². The molecule has 5 heteroatoms. The Labute approximate surface area is 145 Å². The highest BCUT2D eigenvalue weighted by atomic mass is 32.1. The second-order valence-corrected chi connectivity index (χ2v) is 6.61. The number of piperidine rings is 1. The van der Waals surface area contributed by atoms with Crippen molar-refractivity contribution < 1.29 is 9.59 Å². The monoisotopic (exact) mass is 340 g/mol. The van der Waals surface area contributed by atoms with Crippen LogP contribution in [0.1, 0.15) is 28.8 Å². The molecular weight excluding hydrogens is 320 g/mol. The number of carbonyl (C=O) groups excluding carboxylic acids is 2. The summed E-state index contributed by atoms with van der Waals surface area (Å²) in [6.45, 7) is 1.35. The van der Waals surface area contributed by atoms with E-state index in [4.69, 9.17) is 0 Å². The molecule has 0 radical (unpaired) electrons. The van der Waals surface area contributed by atoms with Gasteiger partial charge in [-0.2, -0.15) is 11.3 Å². The van der Waals surface area contributed by atoms with Crippen molar-refractivity contribution in [2.24, 2.45) is 0 Å². The minimum absolute atomic E-state index is 0.0231. The zero-order valence-corrected chi connectivity index (χ0v) is 14.2. The van der Waals surface area contributed by atoms with Crippen LogP contribution < -0.4 is 5.32 Å². The van der Waals surface area contributed by atoms with E-state index in [0.29, 0.717) is 18.7 Å². The van der Waals surface area contributed by atoms with Crippen molar-refractivity contribution in [3.63, 3.8) is 0 Å². The Morgan fingerprint density at radius 3 is 2.54 bits per heavy atom. The fraction of sp³-hybridized carbons (Fsp3) is 0.263. The number of likely N-dealkylation sites (tertiary alicyclic amines) is 1. The maximum atomic E-state index is 12.2. The van der Waals surface area contributed by atoms with Crippen molar-refractivity contribution in [3.05, 3.63) is 64.4 Å². The van der Waals surface area contributed by atoms with Gasteiger partial charge in [0.25, 0.3) is 5.91 Å². The molecule has 0 bridgehead atoms. The number of rotatable bonds is 4. The van der Waals surface area contributed by atoms with Gasteiger partial charge in [0.15, 0.2) is 0 Å². The summed E-state index contributed by atoms with van der Waals surface area (Å²) < 4.78 is 0. The Kier molecular flexibility index (Phi) is 5.43. The number of benzene rings is 1. The molecule has 2 heterocycles. The van der Waals surface area contributed by atoms with Gasteiger partial charge >= 0.3 is 0 Å². The fourth-order valence-electron chi connectivity index (χ4n) is 2.74. The molecule has 2 aromatic rings. The first-order valence-corrected chi connectivity index (χ1v) is 9.02. The molecule has 1 N–H and O–H groups in total. The van der Waals surface area contributed by atoms with Gasteiger partial charge in [-0.3, -0.25) is 9.59 Å². The highest BCUT2D eigenvalue weighted by molar-refractivity contribution is 7.08. The van der Waals surface area contributed by atoms with Gasteiger partial charge in [0, 0.05) is 36.2 Å². The van der Waals surface area contributed by atoms with Crippen LogP contribution in [-0.2, 0) is 4.79 Å². The number of thiophene rings is 1. The van der Waals surface area contributed by atoms with Crippen LogP contribution >= 0.6 is 11.3 Å². The van der Waals surface area contributed by atoms with E-state index in [0.717, 1.165) is 18.4 Å². The van der Waals surface area contributed by atoms with Gasteiger partial charge in [0.05, 0.1) is 0 Å². The van der Waals surface area contributed by atoms with Gasteiger partial charge in [-0.1, -0.05) is 30.3 Å². The first kappa shape index (κ1) is 16.5. The molecule has 1 saturated heterocycles. The zero-order chi connectivity index (χ0) is 16.8. The van der Waals surface area contributed by atoms with E-state index in [9.17, 15) is 9.59 Å². The number of hydrogen-bond donors (Lipinski definition) is 1. The second kappa shape index (κ2) is 7.93. The lowest BCUT2D eigenvalue weighted by Gasteiger charge is -2.31. The molecular formula is C19H20N2O2S. The summed E-state index contributed by atoms with van der Waals surface area (Å²) >= 11 is 1.52. The van der Waals surface area contributed by atoms with E-state index in [1.807, 2.05) is 58.1 Å². The number of nitrogens with one attached hydrogen (secondary N) is 1. The lowest BCUT2D eigenvalue weighted by molar-refractivity contribution is -0.126. The normalized spacial score (nSPS) is 15.6. The summed E-state index contributed by atoms with van der Waals surface area (Å²) in [5.74, 6) is 0.00599. The minimum Gasteiger partial charge on any atom is -0.349 e. The average Bonchev–Trinajstić information content (AvgIpc) is 3.16. The third-order valence-electron chi connectivity index (χ3n) is 4.14. The van der Waals surface area contributed by atoms with Gasteiger partial charge < -0.3 is 10.2 Å². The van der Waals surface area contributed by atoms with Crippen LogP contribution in [0.25, 0.3) is 6.08 Å². The van der Waals surface area contributed by atoms with Crippen molar-refractivity contribution in [3.8, 4) is 0 Å². The molecule has 4 nitrogen and oxygen atoms in total. The van der Waals surface area contributed by atoms with Crippen LogP contribution in [0.3, 0.4) is 0 Å². The molecule has 0 spiro atoms. The van der Waals surface area contributed by atoms with Gasteiger partial charge in [0.1, 0.15) is 0 Å². The lowest BCUT2D eigenvalue weighted by Crippen LogP contribution is -2.46. The van der Waals surface area contributed by atoms with E-state index in [2.05, 4.69) is 5.32 Å². The van der Waals surface area contributed by atoms with Crippen molar-refractivity contribution in [2.75, 3.05) is 13.1 Å².